The van der Waals surface area contributed by atoms with Crippen molar-refractivity contribution in [1.82, 2.24) is 9.55 Å². The summed E-state index contributed by atoms with van der Waals surface area (Å²) in [7, 11) is 2.87. The summed E-state index contributed by atoms with van der Waals surface area (Å²) in [5, 5.41) is 0. The Bertz CT molecular complexity index is 734. The number of hydrogen-bond acceptors (Lipinski definition) is 6. The Morgan fingerprint density at radius 3 is 2.38 bits per heavy atom. The zero-order chi connectivity index (χ0) is 17.7. The first kappa shape index (κ1) is 17.5. The third-order valence-corrected chi connectivity index (χ3v) is 3.47. The van der Waals surface area contributed by atoms with Gasteiger partial charge in [-0.2, -0.15) is 0 Å². The van der Waals surface area contributed by atoms with Crippen molar-refractivity contribution < 1.29 is 23.8 Å². The van der Waals surface area contributed by atoms with E-state index in [4.69, 9.17) is 14.2 Å². The Hall–Kier alpha value is -2.83. The fraction of sp³-hybridized carbons (Fsp3) is 0.353. The summed E-state index contributed by atoms with van der Waals surface area (Å²) >= 11 is 0. The molecule has 0 aliphatic carbocycles. The molecule has 7 heteroatoms. The lowest BCUT2D eigenvalue weighted by Crippen LogP contribution is -2.19. The summed E-state index contributed by atoms with van der Waals surface area (Å²) in [5.41, 5.74) is 1.48. The van der Waals surface area contributed by atoms with E-state index in [-0.39, 0.29) is 18.8 Å². The number of rotatable bonds is 6. The van der Waals surface area contributed by atoms with Crippen LogP contribution in [-0.2, 0) is 20.8 Å². The molecule has 0 fully saturated rings. The highest BCUT2D eigenvalue weighted by Gasteiger charge is 2.24. The summed E-state index contributed by atoms with van der Waals surface area (Å²) in [6, 6.07) is 7.18. The molecule has 0 bridgehead atoms. The van der Waals surface area contributed by atoms with Gasteiger partial charge in [-0.25, -0.2) is 9.78 Å². The fourth-order valence-electron chi connectivity index (χ4n) is 2.34. The van der Waals surface area contributed by atoms with Crippen molar-refractivity contribution in [2.24, 2.45) is 0 Å². The predicted octanol–water partition coefficient (Wildman–Crippen LogP) is 2.22. The highest BCUT2D eigenvalue weighted by Crippen LogP contribution is 2.25. The average molecular weight is 332 g/mol. The van der Waals surface area contributed by atoms with E-state index in [0.29, 0.717) is 17.3 Å². The predicted molar refractivity (Wildman–Crippen MR) is 86.9 cm³/mol. The quantitative estimate of drug-likeness (QED) is 0.755. The second-order valence-electron chi connectivity index (χ2n) is 4.98. The number of ether oxygens (including phenoxy) is 3. The third kappa shape index (κ3) is 3.56. The number of imidazole rings is 1. The smallest absolute Gasteiger partial charge is 0.356 e. The molecule has 0 aliphatic heterocycles. The van der Waals surface area contributed by atoms with Crippen molar-refractivity contribution in [1.29, 1.82) is 0 Å². The van der Waals surface area contributed by atoms with Crippen molar-refractivity contribution >= 4 is 11.9 Å². The van der Waals surface area contributed by atoms with Gasteiger partial charge in [0.2, 0.25) is 0 Å². The fourth-order valence-corrected chi connectivity index (χ4v) is 2.34. The molecule has 0 N–H and O–H groups in total. The summed E-state index contributed by atoms with van der Waals surface area (Å²) in [6.45, 7) is 3.53. The van der Waals surface area contributed by atoms with Crippen LogP contribution in [0.5, 0.6) is 5.75 Å². The van der Waals surface area contributed by atoms with Crippen LogP contribution in [0.4, 0.5) is 0 Å². The molecule has 0 spiro atoms. The molecule has 2 aromatic rings. The Kier molecular flexibility index (Phi) is 5.57. The number of aromatic nitrogens is 2. The van der Waals surface area contributed by atoms with Gasteiger partial charge in [0.1, 0.15) is 18.1 Å². The Labute approximate surface area is 140 Å². The van der Waals surface area contributed by atoms with E-state index in [0.717, 1.165) is 5.56 Å². The van der Waals surface area contributed by atoms with Gasteiger partial charge in [-0.3, -0.25) is 4.79 Å². The van der Waals surface area contributed by atoms with Gasteiger partial charge in [0.05, 0.1) is 26.5 Å². The second-order valence-corrected chi connectivity index (χ2v) is 4.98. The van der Waals surface area contributed by atoms with E-state index < -0.39 is 11.9 Å². The molecule has 0 unspecified atom stereocenters. The van der Waals surface area contributed by atoms with Gasteiger partial charge in [-0.05, 0) is 38.1 Å². The van der Waals surface area contributed by atoms with E-state index in [1.807, 2.05) is 12.1 Å². The molecular weight excluding hydrogens is 312 g/mol. The molecule has 0 saturated heterocycles. The molecule has 24 heavy (non-hydrogen) atoms. The van der Waals surface area contributed by atoms with Gasteiger partial charge in [0.25, 0.3) is 0 Å². The first-order valence-electron chi connectivity index (χ1n) is 7.47. The first-order chi connectivity index (χ1) is 11.5. The van der Waals surface area contributed by atoms with Crippen LogP contribution in [-0.4, -0.2) is 42.3 Å². The number of esters is 2. The number of benzene rings is 1. The summed E-state index contributed by atoms with van der Waals surface area (Å²) < 4.78 is 16.5. The molecule has 0 amide bonds. The molecule has 0 saturated carbocycles. The van der Waals surface area contributed by atoms with Crippen molar-refractivity contribution in [3.8, 4) is 17.1 Å². The number of carbonyl (C=O) groups is 2. The molecule has 2 rings (SSSR count). The maximum Gasteiger partial charge on any atom is 0.356 e. The van der Waals surface area contributed by atoms with Crippen LogP contribution in [0, 0.1) is 6.92 Å². The third-order valence-electron chi connectivity index (χ3n) is 3.47. The maximum atomic E-state index is 12.2. The first-order valence-corrected chi connectivity index (χ1v) is 7.47. The minimum absolute atomic E-state index is 0.132. The molecule has 1 aromatic heterocycles. The topological polar surface area (TPSA) is 79.7 Å². The number of carbonyl (C=O) groups excluding carboxylic acids is 2. The summed E-state index contributed by atoms with van der Waals surface area (Å²) in [4.78, 5) is 28.5. The molecule has 0 radical (unpaired) electrons. The van der Waals surface area contributed by atoms with Crippen LogP contribution in [0.15, 0.2) is 24.3 Å². The number of nitrogens with zero attached hydrogens (tertiary/aromatic N) is 2. The normalized spacial score (nSPS) is 10.3. The number of aryl methyl sites for hydroxylation is 1. The van der Waals surface area contributed by atoms with Crippen LogP contribution in [0.25, 0.3) is 11.4 Å². The molecule has 1 aromatic carbocycles. The van der Waals surface area contributed by atoms with Crippen LogP contribution in [0.3, 0.4) is 0 Å². The number of methoxy groups -OCH3 is 2. The van der Waals surface area contributed by atoms with E-state index >= 15 is 0 Å². The molecular formula is C17H20N2O5. The van der Waals surface area contributed by atoms with Gasteiger partial charge >= 0.3 is 11.9 Å². The molecule has 1 heterocycles. The van der Waals surface area contributed by atoms with Crippen LogP contribution in [0.1, 0.15) is 23.1 Å². The number of hydrogen-bond donors (Lipinski definition) is 0. The van der Waals surface area contributed by atoms with E-state index in [2.05, 4.69) is 4.98 Å². The highest BCUT2D eigenvalue weighted by atomic mass is 16.5. The van der Waals surface area contributed by atoms with Gasteiger partial charge < -0.3 is 18.8 Å². The van der Waals surface area contributed by atoms with Crippen LogP contribution >= 0.6 is 0 Å². The van der Waals surface area contributed by atoms with E-state index in [9.17, 15) is 9.59 Å². The van der Waals surface area contributed by atoms with Gasteiger partial charge in [-0.15, -0.1) is 0 Å². The van der Waals surface area contributed by atoms with E-state index in [1.54, 1.807) is 33.1 Å². The summed E-state index contributed by atoms with van der Waals surface area (Å²) in [5.74, 6) is 0.189. The molecule has 128 valence electrons. The Morgan fingerprint density at radius 1 is 1.17 bits per heavy atom. The zero-order valence-corrected chi connectivity index (χ0v) is 14.2. The maximum absolute atomic E-state index is 12.2. The van der Waals surface area contributed by atoms with Gasteiger partial charge in [0.15, 0.2) is 5.69 Å². The summed E-state index contributed by atoms with van der Waals surface area (Å²) in [6.07, 6.45) is 0. The molecule has 0 aliphatic rings. The van der Waals surface area contributed by atoms with Crippen molar-refractivity contribution in [2.45, 2.75) is 20.4 Å². The second kappa shape index (κ2) is 7.63. The largest absolute Gasteiger partial charge is 0.497 e. The standard InChI is InChI=1S/C17H20N2O5/c1-5-24-17(21)15-11(2)18-16(19(15)10-14(20)23-4)12-6-8-13(22-3)9-7-12/h6-9H,5,10H2,1-4H3. The lowest BCUT2D eigenvalue weighted by molar-refractivity contribution is -0.141. The Balaban J connectivity index is 2.54. The average Bonchev–Trinajstić information content (AvgIpc) is 2.91. The van der Waals surface area contributed by atoms with Crippen LogP contribution < -0.4 is 4.74 Å². The zero-order valence-electron chi connectivity index (χ0n) is 14.2. The Morgan fingerprint density at radius 2 is 1.83 bits per heavy atom. The highest BCUT2D eigenvalue weighted by molar-refractivity contribution is 5.90. The van der Waals surface area contributed by atoms with E-state index in [1.165, 1.54) is 11.7 Å². The minimum Gasteiger partial charge on any atom is -0.497 e. The minimum atomic E-state index is -0.522. The van der Waals surface area contributed by atoms with Crippen molar-refractivity contribution in [2.75, 3.05) is 20.8 Å². The van der Waals surface area contributed by atoms with Crippen molar-refractivity contribution in [3.63, 3.8) is 0 Å². The van der Waals surface area contributed by atoms with Crippen molar-refractivity contribution in [3.05, 3.63) is 35.7 Å². The molecule has 0 atom stereocenters. The lowest BCUT2D eigenvalue weighted by atomic mass is 10.2. The lowest BCUT2D eigenvalue weighted by Gasteiger charge is -2.11. The molecule has 7 nitrogen and oxygen atoms in total. The van der Waals surface area contributed by atoms with Crippen LogP contribution in [0.2, 0.25) is 0 Å². The van der Waals surface area contributed by atoms with Gasteiger partial charge in [0, 0.05) is 5.56 Å². The van der Waals surface area contributed by atoms with Gasteiger partial charge in [-0.1, -0.05) is 0 Å². The monoisotopic (exact) mass is 332 g/mol. The SMILES string of the molecule is CCOC(=O)c1c(C)nc(-c2ccc(OC)cc2)n1CC(=O)OC.